The molecule has 0 spiro atoms. The molecule has 2 rings (SSSR count). The molecule has 0 heterocycles. The standard InChI is InChI=1S/C14H20N2O4/c15-13(14(18)9-4-2-1-3-5-9)11-8-10(16(19)20)6-7-12(11)17/h6-9,13-14,17-18H,1-5,15H2/t13-,14+/m1/s1. The average molecular weight is 280 g/mol. The van der Waals surface area contributed by atoms with Crippen LogP contribution in [0.15, 0.2) is 18.2 Å². The first-order valence-electron chi connectivity index (χ1n) is 6.91. The number of nitro benzene ring substituents is 1. The van der Waals surface area contributed by atoms with Gasteiger partial charge in [0.05, 0.1) is 17.1 Å². The first kappa shape index (κ1) is 14.7. The van der Waals surface area contributed by atoms with E-state index in [0.717, 1.165) is 25.7 Å². The molecule has 0 aromatic heterocycles. The van der Waals surface area contributed by atoms with Crippen molar-refractivity contribution in [2.24, 2.45) is 11.7 Å². The molecule has 0 amide bonds. The minimum absolute atomic E-state index is 0.0948. The van der Waals surface area contributed by atoms with E-state index in [0.29, 0.717) is 0 Å². The van der Waals surface area contributed by atoms with Gasteiger partial charge in [0.1, 0.15) is 5.75 Å². The zero-order chi connectivity index (χ0) is 14.7. The van der Waals surface area contributed by atoms with Crippen LogP contribution < -0.4 is 5.73 Å². The van der Waals surface area contributed by atoms with Crippen molar-refractivity contribution in [2.45, 2.75) is 44.2 Å². The number of aliphatic hydroxyl groups is 1. The normalized spacial score (nSPS) is 19.5. The Bertz CT molecular complexity index is 486. The van der Waals surface area contributed by atoms with Gasteiger partial charge >= 0.3 is 0 Å². The van der Waals surface area contributed by atoms with Gasteiger partial charge < -0.3 is 15.9 Å². The van der Waals surface area contributed by atoms with E-state index in [-0.39, 0.29) is 22.9 Å². The largest absolute Gasteiger partial charge is 0.508 e. The fraction of sp³-hybridized carbons (Fsp3) is 0.571. The van der Waals surface area contributed by atoms with Crippen molar-refractivity contribution in [3.05, 3.63) is 33.9 Å². The number of hydrogen-bond donors (Lipinski definition) is 3. The molecule has 4 N–H and O–H groups in total. The van der Waals surface area contributed by atoms with E-state index in [9.17, 15) is 20.3 Å². The summed E-state index contributed by atoms with van der Waals surface area (Å²) in [4.78, 5) is 10.2. The Labute approximate surface area is 117 Å². The van der Waals surface area contributed by atoms with Crippen LogP contribution in [-0.2, 0) is 0 Å². The molecule has 1 aliphatic rings. The summed E-state index contributed by atoms with van der Waals surface area (Å²) in [6, 6.07) is 2.91. The molecule has 0 unspecified atom stereocenters. The molecule has 1 saturated carbocycles. The van der Waals surface area contributed by atoms with Crippen LogP contribution in [0.2, 0.25) is 0 Å². The Kier molecular flexibility index (Phi) is 4.57. The summed E-state index contributed by atoms with van der Waals surface area (Å²) in [5.41, 5.74) is 6.11. The lowest BCUT2D eigenvalue weighted by Gasteiger charge is -2.30. The van der Waals surface area contributed by atoms with E-state index in [1.165, 1.54) is 24.6 Å². The zero-order valence-electron chi connectivity index (χ0n) is 11.2. The highest BCUT2D eigenvalue weighted by Gasteiger charge is 2.29. The van der Waals surface area contributed by atoms with Gasteiger partial charge in [-0.1, -0.05) is 19.3 Å². The molecule has 1 aliphatic carbocycles. The van der Waals surface area contributed by atoms with E-state index < -0.39 is 17.1 Å². The number of aliphatic hydroxyl groups excluding tert-OH is 1. The van der Waals surface area contributed by atoms with Crippen molar-refractivity contribution in [3.8, 4) is 5.75 Å². The fourth-order valence-electron chi connectivity index (χ4n) is 2.88. The van der Waals surface area contributed by atoms with Crippen molar-refractivity contribution in [3.63, 3.8) is 0 Å². The van der Waals surface area contributed by atoms with Crippen LogP contribution in [-0.4, -0.2) is 21.2 Å². The maximum Gasteiger partial charge on any atom is 0.270 e. The van der Waals surface area contributed by atoms with Crippen molar-refractivity contribution in [1.82, 2.24) is 0 Å². The maximum absolute atomic E-state index is 10.8. The second-order valence-corrected chi connectivity index (χ2v) is 5.41. The first-order valence-corrected chi connectivity index (χ1v) is 6.91. The van der Waals surface area contributed by atoms with E-state index in [1.54, 1.807) is 0 Å². The Morgan fingerprint density at radius 1 is 1.30 bits per heavy atom. The number of non-ortho nitro benzene ring substituents is 1. The van der Waals surface area contributed by atoms with Gasteiger partial charge in [0.2, 0.25) is 0 Å². The molecule has 0 aliphatic heterocycles. The number of nitrogens with two attached hydrogens (primary N) is 1. The van der Waals surface area contributed by atoms with Crippen LogP contribution in [0.5, 0.6) is 5.75 Å². The van der Waals surface area contributed by atoms with Gasteiger partial charge in [0, 0.05) is 17.7 Å². The Morgan fingerprint density at radius 3 is 2.55 bits per heavy atom. The smallest absolute Gasteiger partial charge is 0.270 e. The highest BCUT2D eigenvalue weighted by molar-refractivity contribution is 5.45. The Balaban J connectivity index is 2.20. The highest BCUT2D eigenvalue weighted by atomic mass is 16.6. The highest BCUT2D eigenvalue weighted by Crippen LogP contribution is 2.35. The first-order chi connectivity index (χ1) is 9.50. The van der Waals surface area contributed by atoms with Crippen LogP contribution in [0, 0.1) is 16.0 Å². The van der Waals surface area contributed by atoms with Crippen molar-refractivity contribution < 1.29 is 15.1 Å². The third kappa shape index (κ3) is 3.08. The van der Waals surface area contributed by atoms with Crippen molar-refractivity contribution in [2.75, 3.05) is 0 Å². The second kappa shape index (κ2) is 6.19. The third-order valence-corrected chi connectivity index (χ3v) is 4.08. The van der Waals surface area contributed by atoms with Gasteiger partial charge in [-0.15, -0.1) is 0 Å². The number of benzene rings is 1. The van der Waals surface area contributed by atoms with Crippen LogP contribution in [0.3, 0.4) is 0 Å². The van der Waals surface area contributed by atoms with Gasteiger partial charge in [-0.05, 0) is 24.8 Å². The molecule has 6 heteroatoms. The van der Waals surface area contributed by atoms with Gasteiger partial charge in [0.25, 0.3) is 5.69 Å². The molecule has 0 bridgehead atoms. The SMILES string of the molecule is N[C@H](c1cc([N+](=O)[O-])ccc1O)[C@@H](O)C1CCCCC1. The monoisotopic (exact) mass is 280 g/mol. The van der Waals surface area contributed by atoms with Gasteiger partial charge in [-0.25, -0.2) is 0 Å². The molecule has 1 fully saturated rings. The summed E-state index contributed by atoms with van der Waals surface area (Å²) in [6.45, 7) is 0. The topological polar surface area (TPSA) is 110 Å². The minimum atomic E-state index is -0.807. The molecule has 0 saturated heterocycles. The van der Waals surface area contributed by atoms with Gasteiger partial charge in [-0.3, -0.25) is 10.1 Å². The summed E-state index contributed by atoms with van der Waals surface area (Å²) < 4.78 is 0. The molecular weight excluding hydrogens is 260 g/mol. The second-order valence-electron chi connectivity index (χ2n) is 5.41. The number of nitro groups is 1. The fourth-order valence-corrected chi connectivity index (χ4v) is 2.88. The maximum atomic E-state index is 10.8. The van der Waals surface area contributed by atoms with Crippen LogP contribution in [0.1, 0.15) is 43.7 Å². The Hall–Kier alpha value is -1.66. The molecule has 0 radical (unpaired) electrons. The van der Waals surface area contributed by atoms with Gasteiger partial charge in [-0.2, -0.15) is 0 Å². The summed E-state index contributed by atoms with van der Waals surface area (Å²) in [5.74, 6) is -0.0182. The van der Waals surface area contributed by atoms with Crippen LogP contribution in [0.25, 0.3) is 0 Å². The molecule has 2 atom stereocenters. The van der Waals surface area contributed by atoms with E-state index in [2.05, 4.69) is 0 Å². The molecule has 110 valence electrons. The summed E-state index contributed by atoms with van der Waals surface area (Å²) in [6.07, 6.45) is 4.32. The summed E-state index contributed by atoms with van der Waals surface area (Å²) in [7, 11) is 0. The van der Waals surface area contributed by atoms with E-state index in [4.69, 9.17) is 5.73 Å². The number of rotatable bonds is 4. The number of phenolic OH excluding ortho intramolecular Hbond substituents is 1. The summed E-state index contributed by atoms with van der Waals surface area (Å²) in [5, 5.41) is 30.9. The number of nitrogens with zero attached hydrogens (tertiary/aromatic N) is 1. The van der Waals surface area contributed by atoms with Crippen LogP contribution >= 0.6 is 0 Å². The minimum Gasteiger partial charge on any atom is -0.508 e. The lowest BCUT2D eigenvalue weighted by Crippen LogP contribution is -2.34. The van der Waals surface area contributed by atoms with Gasteiger partial charge in [0.15, 0.2) is 0 Å². The third-order valence-electron chi connectivity index (χ3n) is 4.08. The zero-order valence-corrected chi connectivity index (χ0v) is 11.2. The lowest BCUT2D eigenvalue weighted by atomic mass is 9.81. The van der Waals surface area contributed by atoms with E-state index >= 15 is 0 Å². The molecule has 1 aromatic rings. The average Bonchev–Trinajstić information content (AvgIpc) is 2.47. The lowest BCUT2D eigenvalue weighted by molar-refractivity contribution is -0.385. The van der Waals surface area contributed by atoms with E-state index in [1.807, 2.05) is 0 Å². The predicted molar refractivity (Wildman–Crippen MR) is 74.3 cm³/mol. The number of aromatic hydroxyl groups is 1. The molecular formula is C14H20N2O4. The predicted octanol–water partition coefficient (Wildman–Crippen LogP) is 2.24. The molecule has 6 nitrogen and oxygen atoms in total. The van der Waals surface area contributed by atoms with Crippen molar-refractivity contribution in [1.29, 1.82) is 0 Å². The quantitative estimate of drug-likeness (QED) is 0.578. The van der Waals surface area contributed by atoms with Crippen molar-refractivity contribution >= 4 is 5.69 Å². The summed E-state index contributed by atoms with van der Waals surface area (Å²) >= 11 is 0. The van der Waals surface area contributed by atoms with Crippen LogP contribution in [0.4, 0.5) is 5.69 Å². The Morgan fingerprint density at radius 2 is 1.95 bits per heavy atom. The molecule has 20 heavy (non-hydrogen) atoms. The number of phenols is 1. The number of hydrogen-bond acceptors (Lipinski definition) is 5. The molecule has 1 aromatic carbocycles.